The summed E-state index contributed by atoms with van der Waals surface area (Å²) >= 11 is 0. The highest BCUT2D eigenvalue weighted by Crippen LogP contribution is 2.48. The molecular weight excluding hydrogens is 352 g/mol. The van der Waals surface area contributed by atoms with E-state index in [0.29, 0.717) is 25.3 Å². The Labute approximate surface area is 167 Å². The predicted octanol–water partition coefficient (Wildman–Crippen LogP) is 3.44. The largest absolute Gasteiger partial charge is 0.497 e. The van der Waals surface area contributed by atoms with Gasteiger partial charge in [-0.05, 0) is 62.1 Å². The molecule has 2 fully saturated rings. The molecule has 150 valence electrons. The standard InChI is InChI=1S/C23H30N2O3/c1-28-19-9-6-17(7-10-19)8-11-21(26)24-16-23-13-2-3-20(23)25(15-18-4-5-18)22(27)12-14-23/h3,6-7,9-10,18H,2,4-5,8,11-16H2,1H3,(H,24,26). The van der Waals surface area contributed by atoms with Crippen LogP contribution in [0, 0.1) is 11.3 Å². The Hall–Kier alpha value is -2.30. The summed E-state index contributed by atoms with van der Waals surface area (Å²) in [7, 11) is 1.65. The van der Waals surface area contributed by atoms with E-state index >= 15 is 0 Å². The number of carbonyl (C=O) groups is 2. The van der Waals surface area contributed by atoms with Crippen LogP contribution in [0.25, 0.3) is 0 Å². The summed E-state index contributed by atoms with van der Waals surface area (Å²) < 4.78 is 5.17. The van der Waals surface area contributed by atoms with E-state index < -0.39 is 0 Å². The van der Waals surface area contributed by atoms with Crippen molar-refractivity contribution in [1.82, 2.24) is 10.2 Å². The Morgan fingerprint density at radius 2 is 2.04 bits per heavy atom. The van der Waals surface area contributed by atoms with Crippen LogP contribution in [-0.2, 0) is 16.0 Å². The Balaban J connectivity index is 1.32. The van der Waals surface area contributed by atoms with Crippen LogP contribution < -0.4 is 10.1 Å². The molecule has 0 radical (unpaired) electrons. The number of rotatable bonds is 8. The lowest BCUT2D eigenvalue weighted by Crippen LogP contribution is -2.48. The van der Waals surface area contributed by atoms with Gasteiger partial charge in [0.05, 0.1) is 7.11 Å². The molecule has 5 nitrogen and oxygen atoms in total. The van der Waals surface area contributed by atoms with Gasteiger partial charge in [-0.15, -0.1) is 0 Å². The first-order valence-electron chi connectivity index (χ1n) is 10.5. The fourth-order valence-corrected chi connectivity index (χ4v) is 4.53. The predicted molar refractivity (Wildman–Crippen MR) is 108 cm³/mol. The number of hydrogen-bond donors (Lipinski definition) is 1. The van der Waals surface area contributed by atoms with Crippen LogP contribution in [0.2, 0.25) is 0 Å². The Morgan fingerprint density at radius 3 is 2.75 bits per heavy atom. The van der Waals surface area contributed by atoms with Crippen molar-refractivity contribution in [3.05, 3.63) is 41.6 Å². The number of benzene rings is 1. The highest BCUT2D eigenvalue weighted by Gasteiger charge is 2.46. The SMILES string of the molecule is COc1ccc(CCC(=O)NCC23CCC=C2N(CC2CC2)C(=O)CC3)cc1. The second-order valence-electron chi connectivity index (χ2n) is 8.48. The number of allylic oxidation sites excluding steroid dienone is 1. The summed E-state index contributed by atoms with van der Waals surface area (Å²) in [5.74, 6) is 1.86. The normalized spacial score (nSPS) is 24.0. The summed E-state index contributed by atoms with van der Waals surface area (Å²) in [6.07, 6.45) is 9.43. The number of likely N-dealkylation sites (tertiary alicyclic amines) is 1. The van der Waals surface area contributed by atoms with Crippen molar-refractivity contribution >= 4 is 11.8 Å². The molecule has 1 aromatic carbocycles. The van der Waals surface area contributed by atoms with Gasteiger partial charge in [-0.3, -0.25) is 9.59 Å². The maximum atomic E-state index is 12.5. The third-order valence-corrected chi connectivity index (χ3v) is 6.47. The summed E-state index contributed by atoms with van der Waals surface area (Å²) in [6, 6.07) is 7.86. The highest BCUT2D eigenvalue weighted by atomic mass is 16.5. The van der Waals surface area contributed by atoms with Crippen molar-refractivity contribution in [2.45, 2.75) is 51.4 Å². The quantitative estimate of drug-likeness (QED) is 0.749. The van der Waals surface area contributed by atoms with Crippen LogP contribution in [0.15, 0.2) is 36.0 Å². The lowest BCUT2D eigenvalue weighted by molar-refractivity contribution is -0.133. The van der Waals surface area contributed by atoms with Gasteiger partial charge in [0, 0.05) is 37.0 Å². The van der Waals surface area contributed by atoms with E-state index in [1.165, 1.54) is 18.5 Å². The number of aryl methyl sites for hydroxylation is 1. The highest BCUT2D eigenvalue weighted by molar-refractivity contribution is 5.80. The monoisotopic (exact) mass is 382 g/mol. The summed E-state index contributed by atoms with van der Waals surface area (Å²) in [5.41, 5.74) is 2.28. The number of amides is 2. The molecule has 1 saturated carbocycles. The minimum absolute atomic E-state index is 0.0431. The van der Waals surface area contributed by atoms with Crippen LogP contribution >= 0.6 is 0 Å². The first-order valence-corrected chi connectivity index (χ1v) is 10.5. The molecule has 28 heavy (non-hydrogen) atoms. The number of carbonyl (C=O) groups excluding carboxylic acids is 2. The smallest absolute Gasteiger partial charge is 0.226 e. The van der Waals surface area contributed by atoms with E-state index in [-0.39, 0.29) is 17.2 Å². The van der Waals surface area contributed by atoms with Crippen molar-refractivity contribution in [1.29, 1.82) is 0 Å². The lowest BCUT2D eigenvalue weighted by atomic mass is 9.76. The number of ether oxygens (including phenoxy) is 1. The van der Waals surface area contributed by atoms with Gasteiger partial charge in [-0.1, -0.05) is 18.2 Å². The van der Waals surface area contributed by atoms with Gasteiger partial charge in [-0.25, -0.2) is 0 Å². The molecule has 1 saturated heterocycles. The summed E-state index contributed by atoms with van der Waals surface area (Å²) in [4.78, 5) is 27.0. The molecule has 0 aromatic heterocycles. The van der Waals surface area contributed by atoms with Gasteiger partial charge in [0.15, 0.2) is 0 Å². The maximum Gasteiger partial charge on any atom is 0.226 e. The molecule has 1 unspecified atom stereocenters. The number of hydrogen-bond acceptors (Lipinski definition) is 3. The Kier molecular flexibility index (Phi) is 5.42. The van der Waals surface area contributed by atoms with E-state index in [0.717, 1.165) is 43.5 Å². The second kappa shape index (κ2) is 7.98. The van der Waals surface area contributed by atoms with Gasteiger partial charge in [0.1, 0.15) is 5.75 Å². The Morgan fingerprint density at radius 1 is 1.25 bits per heavy atom. The van der Waals surface area contributed by atoms with Crippen molar-refractivity contribution < 1.29 is 14.3 Å². The van der Waals surface area contributed by atoms with Gasteiger partial charge in [0.2, 0.25) is 11.8 Å². The average Bonchev–Trinajstić information content (AvgIpc) is 3.44. The molecule has 5 heteroatoms. The molecule has 4 rings (SSSR count). The summed E-state index contributed by atoms with van der Waals surface area (Å²) in [5, 5.41) is 3.17. The van der Waals surface area contributed by atoms with Crippen molar-refractivity contribution in [3.63, 3.8) is 0 Å². The number of methoxy groups -OCH3 is 1. The van der Waals surface area contributed by atoms with Crippen molar-refractivity contribution in [3.8, 4) is 5.75 Å². The fraction of sp³-hybridized carbons (Fsp3) is 0.565. The number of fused-ring (bicyclic) bond motifs is 1. The topological polar surface area (TPSA) is 58.6 Å². The van der Waals surface area contributed by atoms with Crippen LogP contribution in [0.4, 0.5) is 0 Å². The van der Waals surface area contributed by atoms with Gasteiger partial charge in [-0.2, -0.15) is 0 Å². The van der Waals surface area contributed by atoms with E-state index in [1.807, 2.05) is 29.2 Å². The maximum absolute atomic E-state index is 12.5. The van der Waals surface area contributed by atoms with Crippen LogP contribution in [0.1, 0.15) is 50.5 Å². The molecular formula is C23H30N2O3. The minimum atomic E-state index is -0.0431. The van der Waals surface area contributed by atoms with Gasteiger partial charge in [0.25, 0.3) is 0 Å². The zero-order valence-electron chi connectivity index (χ0n) is 16.7. The third kappa shape index (κ3) is 4.08. The van der Waals surface area contributed by atoms with Crippen molar-refractivity contribution in [2.75, 3.05) is 20.2 Å². The van der Waals surface area contributed by atoms with E-state index in [1.54, 1.807) is 7.11 Å². The minimum Gasteiger partial charge on any atom is -0.497 e. The zero-order chi connectivity index (χ0) is 19.6. The molecule has 0 spiro atoms. The molecule has 1 N–H and O–H groups in total. The van der Waals surface area contributed by atoms with Crippen LogP contribution in [0.5, 0.6) is 5.75 Å². The lowest BCUT2D eigenvalue weighted by Gasteiger charge is -2.42. The molecule has 3 aliphatic rings. The zero-order valence-corrected chi connectivity index (χ0v) is 16.7. The van der Waals surface area contributed by atoms with Crippen LogP contribution in [-0.4, -0.2) is 36.9 Å². The molecule has 2 amide bonds. The van der Waals surface area contributed by atoms with Crippen LogP contribution in [0.3, 0.4) is 0 Å². The number of nitrogens with zero attached hydrogens (tertiary/aromatic N) is 1. The first kappa shape index (κ1) is 19.0. The second-order valence-corrected chi connectivity index (χ2v) is 8.48. The average molecular weight is 383 g/mol. The molecule has 1 atom stereocenters. The Bertz CT molecular complexity index is 767. The molecule has 0 bridgehead atoms. The summed E-state index contributed by atoms with van der Waals surface area (Å²) in [6.45, 7) is 1.52. The first-order chi connectivity index (χ1) is 13.6. The number of piperidine rings is 1. The fourth-order valence-electron chi connectivity index (χ4n) is 4.53. The van der Waals surface area contributed by atoms with E-state index in [9.17, 15) is 9.59 Å². The van der Waals surface area contributed by atoms with E-state index in [4.69, 9.17) is 4.74 Å². The van der Waals surface area contributed by atoms with Crippen molar-refractivity contribution in [2.24, 2.45) is 11.3 Å². The van der Waals surface area contributed by atoms with Gasteiger partial charge < -0.3 is 15.0 Å². The van der Waals surface area contributed by atoms with E-state index in [2.05, 4.69) is 11.4 Å². The molecule has 1 heterocycles. The molecule has 1 aliphatic heterocycles. The molecule has 2 aliphatic carbocycles. The molecule has 1 aromatic rings. The van der Waals surface area contributed by atoms with Gasteiger partial charge >= 0.3 is 0 Å². The third-order valence-electron chi connectivity index (χ3n) is 6.47. The number of nitrogens with one attached hydrogen (secondary N) is 1.